The number of esters is 1. The van der Waals surface area contributed by atoms with Crippen molar-refractivity contribution in [2.45, 2.75) is 19.4 Å². The standard InChI is InChI=1S/C15H18N2O6S/c1-10(18)16-12-4-2-3-11(7-12)15(20)23-8-14(19)17-13-5-6-24(21,22)9-13/h2-4,7,13H,5-6,8-9H2,1H3,(H,16,18)(H,17,19). The normalized spacial score (nSPS) is 18.6. The summed E-state index contributed by atoms with van der Waals surface area (Å²) in [6, 6.07) is 5.68. The van der Waals surface area contributed by atoms with Crippen molar-refractivity contribution >= 4 is 33.3 Å². The van der Waals surface area contributed by atoms with Gasteiger partial charge in [-0.3, -0.25) is 9.59 Å². The van der Waals surface area contributed by atoms with Gasteiger partial charge in [-0.25, -0.2) is 13.2 Å². The van der Waals surface area contributed by atoms with E-state index < -0.39 is 34.4 Å². The van der Waals surface area contributed by atoms with E-state index in [1.807, 2.05) is 0 Å². The van der Waals surface area contributed by atoms with Gasteiger partial charge in [-0.05, 0) is 24.6 Å². The minimum atomic E-state index is -3.09. The molecular formula is C15H18N2O6S. The molecule has 1 saturated heterocycles. The molecule has 0 bridgehead atoms. The zero-order valence-electron chi connectivity index (χ0n) is 13.1. The molecule has 0 spiro atoms. The van der Waals surface area contributed by atoms with Crippen LogP contribution < -0.4 is 10.6 Å². The molecule has 1 fully saturated rings. The number of hydrogen-bond acceptors (Lipinski definition) is 6. The van der Waals surface area contributed by atoms with E-state index in [2.05, 4.69) is 10.6 Å². The monoisotopic (exact) mass is 354 g/mol. The highest BCUT2D eigenvalue weighted by Gasteiger charge is 2.29. The lowest BCUT2D eigenvalue weighted by Gasteiger charge is -2.11. The van der Waals surface area contributed by atoms with Crippen LogP contribution in [0.25, 0.3) is 0 Å². The van der Waals surface area contributed by atoms with Gasteiger partial charge in [0.1, 0.15) is 0 Å². The fourth-order valence-electron chi connectivity index (χ4n) is 2.32. The number of hydrogen-bond donors (Lipinski definition) is 2. The van der Waals surface area contributed by atoms with Crippen molar-refractivity contribution in [3.63, 3.8) is 0 Å². The molecule has 1 atom stereocenters. The van der Waals surface area contributed by atoms with E-state index in [0.717, 1.165) is 0 Å². The van der Waals surface area contributed by atoms with E-state index in [0.29, 0.717) is 12.1 Å². The van der Waals surface area contributed by atoms with Crippen LogP contribution >= 0.6 is 0 Å². The summed E-state index contributed by atoms with van der Waals surface area (Å²) < 4.78 is 27.5. The summed E-state index contributed by atoms with van der Waals surface area (Å²) in [5, 5.41) is 5.06. The highest BCUT2D eigenvalue weighted by atomic mass is 32.2. The number of benzene rings is 1. The van der Waals surface area contributed by atoms with E-state index >= 15 is 0 Å². The predicted molar refractivity (Wildman–Crippen MR) is 86.2 cm³/mol. The molecule has 1 unspecified atom stereocenters. The molecule has 1 aromatic carbocycles. The number of carbonyl (C=O) groups is 3. The number of ether oxygens (including phenoxy) is 1. The Kier molecular flexibility index (Phi) is 5.55. The first-order chi connectivity index (χ1) is 11.2. The lowest BCUT2D eigenvalue weighted by atomic mass is 10.2. The average molecular weight is 354 g/mol. The Labute approximate surface area is 139 Å². The van der Waals surface area contributed by atoms with Crippen molar-refractivity contribution in [3.8, 4) is 0 Å². The predicted octanol–water partition coefficient (Wildman–Crippen LogP) is 0.105. The van der Waals surface area contributed by atoms with Crippen molar-refractivity contribution in [1.82, 2.24) is 5.32 Å². The van der Waals surface area contributed by atoms with Crippen molar-refractivity contribution in [2.24, 2.45) is 0 Å². The molecule has 2 N–H and O–H groups in total. The highest BCUT2D eigenvalue weighted by Crippen LogP contribution is 2.12. The summed E-state index contributed by atoms with van der Waals surface area (Å²) >= 11 is 0. The maximum atomic E-state index is 11.9. The first-order valence-corrected chi connectivity index (χ1v) is 9.12. The molecule has 130 valence electrons. The van der Waals surface area contributed by atoms with E-state index in [9.17, 15) is 22.8 Å². The molecule has 8 nitrogen and oxygen atoms in total. The minimum absolute atomic E-state index is 0.0493. The minimum Gasteiger partial charge on any atom is -0.452 e. The van der Waals surface area contributed by atoms with Crippen LogP contribution in [0.5, 0.6) is 0 Å². The van der Waals surface area contributed by atoms with Gasteiger partial charge in [-0.1, -0.05) is 6.07 Å². The van der Waals surface area contributed by atoms with E-state index in [1.165, 1.54) is 19.1 Å². The van der Waals surface area contributed by atoms with Crippen LogP contribution in [0.2, 0.25) is 0 Å². The Morgan fingerprint density at radius 2 is 2.04 bits per heavy atom. The molecule has 0 saturated carbocycles. The molecule has 1 aliphatic rings. The summed E-state index contributed by atoms with van der Waals surface area (Å²) in [7, 11) is -3.09. The lowest BCUT2D eigenvalue weighted by molar-refractivity contribution is -0.124. The van der Waals surface area contributed by atoms with Gasteiger partial charge in [-0.2, -0.15) is 0 Å². The van der Waals surface area contributed by atoms with Gasteiger partial charge in [-0.15, -0.1) is 0 Å². The van der Waals surface area contributed by atoms with Gasteiger partial charge >= 0.3 is 5.97 Å². The number of amides is 2. The average Bonchev–Trinajstić information content (AvgIpc) is 2.83. The van der Waals surface area contributed by atoms with Crippen molar-refractivity contribution in [1.29, 1.82) is 0 Å². The highest BCUT2D eigenvalue weighted by molar-refractivity contribution is 7.91. The van der Waals surface area contributed by atoms with Gasteiger partial charge in [0.05, 0.1) is 17.1 Å². The number of carbonyl (C=O) groups excluding carboxylic acids is 3. The Morgan fingerprint density at radius 1 is 1.29 bits per heavy atom. The fourth-order valence-corrected chi connectivity index (χ4v) is 3.99. The van der Waals surface area contributed by atoms with Gasteiger partial charge < -0.3 is 15.4 Å². The zero-order chi connectivity index (χ0) is 17.7. The maximum Gasteiger partial charge on any atom is 0.338 e. The summed E-state index contributed by atoms with van der Waals surface area (Å²) in [6.45, 7) is 0.846. The van der Waals surface area contributed by atoms with Crippen molar-refractivity contribution < 1.29 is 27.5 Å². The molecular weight excluding hydrogens is 336 g/mol. The Hall–Kier alpha value is -2.42. The van der Waals surface area contributed by atoms with Crippen LogP contribution in [0, 0.1) is 0 Å². The van der Waals surface area contributed by atoms with Crippen LogP contribution in [0.1, 0.15) is 23.7 Å². The van der Waals surface area contributed by atoms with Gasteiger partial charge in [0.2, 0.25) is 5.91 Å². The fraction of sp³-hybridized carbons (Fsp3) is 0.400. The third kappa shape index (κ3) is 5.34. The van der Waals surface area contributed by atoms with Crippen molar-refractivity contribution in [2.75, 3.05) is 23.4 Å². The molecule has 24 heavy (non-hydrogen) atoms. The molecule has 1 heterocycles. The number of rotatable bonds is 5. The number of nitrogens with one attached hydrogen (secondary N) is 2. The SMILES string of the molecule is CC(=O)Nc1cccc(C(=O)OCC(=O)NC2CCS(=O)(=O)C2)c1. The quantitative estimate of drug-likeness (QED) is 0.724. The molecule has 0 aliphatic carbocycles. The molecule has 0 radical (unpaired) electrons. The van der Waals surface area contributed by atoms with Gasteiger partial charge in [0.25, 0.3) is 5.91 Å². The van der Waals surface area contributed by atoms with Crippen LogP contribution in [0.4, 0.5) is 5.69 Å². The zero-order valence-corrected chi connectivity index (χ0v) is 13.9. The summed E-state index contributed by atoms with van der Waals surface area (Å²) in [5.41, 5.74) is 0.634. The number of sulfone groups is 1. The second-order valence-electron chi connectivity index (χ2n) is 5.51. The van der Waals surface area contributed by atoms with Gasteiger partial charge in [0.15, 0.2) is 16.4 Å². The van der Waals surface area contributed by atoms with Crippen LogP contribution in [0.3, 0.4) is 0 Å². The van der Waals surface area contributed by atoms with E-state index in [4.69, 9.17) is 4.74 Å². The molecule has 0 aromatic heterocycles. The molecule has 1 aromatic rings. The largest absolute Gasteiger partial charge is 0.452 e. The van der Waals surface area contributed by atoms with Crippen molar-refractivity contribution in [3.05, 3.63) is 29.8 Å². The second-order valence-corrected chi connectivity index (χ2v) is 7.73. The smallest absolute Gasteiger partial charge is 0.338 e. The summed E-state index contributed by atoms with van der Waals surface area (Å²) in [4.78, 5) is 34.6. The third-order valence-corrected chi connectivity index (χ3v) is 5.12. The summed E-state index contributed by atoms with van der Waals surface area (Å²) in [6.07, 6.45) is 0.362. The first-order valence-electron chi connectivity index (χ1n) is 7.30. The van der Waals surface area contributed by atoms with E-state index in [-0.39, 0.29) is 23.0 Å². The van der Waals surface area contributed by atoms with Crippen LogP contribution in [-0.4, -0.2) is 50.4 Å². The molecule has 1 aliphatic heterocycles. The molecule has 2 amide bonds. The Bertz CT molecular complexity index is 759. The Morgan fingerprint density at radius 3 is 2.67 bits per heavy atom. The molecule has 9 heteroatoms. The molecule has 2 rings (SSSR count). The summed E-state index contributed by atoms with van der Waals surface area (Å²) in [5.74, 6) is -1.58. The second kappa shape index (κ2) is 7.43. The lowest BCUT2D eigenvalue weighted by Crippen LogP contribution is -2.38. The number of anilines is 1. The maximum absolute atomic E-state index is 11.9. The van der Waals surface area contributed by atoms with Crippen LogP contribution in [0.15, 0.2) is 24.3 Å². The van der Waals surface area contributed by atoms with E-state index in [1.54, 1.807) is 12.1 Å². The first kappa shape index (κ1) is 17.9. The van der Waals surface area contributed by atoms with Crippen LogP contribution in [-0.2, 0) is 24.2 Å². The third-order valence-electron chi connectivity index (χ3n) is 3.35. The van der Waals surface area contributed by atoms with Gasteiger partial charge in [0, 0.05) is 18.7 Å². The topological polar surface area (TPSA) is 119 Å². The Balaban J connectivity index is 1.84.